The second-order valence-corrected chi connectivity index (χ2v) is 4.49. The highest BCUT2D eigenvalue weighted by Crippen LogP contribution is 2.08. The standard InChI is InChI=1S/C10H19NO3/c1-10(2,3)14-9(12)4-5-13-8-6-11-7-8/h8,11H,4-7H2,1-3H3. The monoisotopic (exact) mass is 201 g/mol. The van der Waals surface area contributed by atoms with Crippen LogP contribution < -0.4 is 5.32 Å². The van der Waals surface area contributed by atoms with Gasteiger partial charge in [-0.2, -0.15) is 0 Å². The highest BCUT2D eigenvalue weighted by atomic mass is 16.6. The molecule has 0 spiro atoms. The minimum atomic E-state index is -0.394. The molecule has 0 aromatic carbocycles. The highest BCUT2D eigenvalue weighted by Gasteiger charge is 2.19. The molecule has 0 atom stereocenters. The number of carbonyl (C=O) groups excluding carboxylic acids is 1. The van der Waals surface area contributed by atoms with Crippen LogP contribution in [0.25, 0.3) is 0 Å². The quantitative estimate of drug-likeness (QED) is 0.680. The van der Waals surface area contributed by atoms with E-state index in [1.165, 1.54) is 0 Å². The molecule has 0 aliphatic carbocycles. The molecule has 14 heavy (non-hydrogen) atoms. The Labute approximate surface area is 85.0 Å². The maximum absolute atomic E-state index is 11.2. The van der Waals surface area contributed by atoms with Gasteiger partial charge in [-0.25, -0.2) is 0 Å². The van der Waals surface area contributed by atoms with Crippen LogP contribution in [0.2, 0.25) is 0 Å². The largest absolute Gasteiger partial charge is 0.460 e. The van der Waals surface area contributed by atoms with E-state index < -0.39 is 5.60 Å². The van der Waals surface area contributed by atoms with Crippen molar-refractivity contribution < 1.29 is 14.3 Å². The number of esters is 1. The van der Waals surface area contributed by atoms with Gasteiger partial charge in [0.15, 0.2) is 0 Å². The van der Waals surface area contributed by atoms with Crippen molar-refractivity contribution in [2.24, 2.45) is 0 Å². The lowest BCUT2D eigenvalue weighted by Crippen LogP contribution is -2.48. The number of ether oxygens (including phenoxy) is 2. The van der Waals surface area contributed by atoms with Gasteiger partial charge < -0.3 is 14.8 Å². The Kier molecular flexibility index (Phi) is 3.89. The maximum atomic E-state index is 11.2. The minimum Gasteiger partial charge on any atom is -0.460 e. The lowest BCUT2D eigenvalue weighted by atomic mass is 10.2. The Hall–Kier alpha value is -0.610. The van der Waals surface area contributed by atoms with Crippen LogP contribution in [0.3, 0.4) is 0 Å². The van der Waals surface area contributed by atoms with Crippen LogP contribution >= 0.6 is 0 Å². The Bertz CT molecular complexity index is 194. The molecular weight excluding hydrogens is 182 g/mol. The molecule has 0 bridgehead atoms. The molecule has 1 saturated heterocycles. The summed E-state index contributed by atoms with van der Waals surface area (Å²) < 4.78 is 10.5. The SMILES string of the molecule is CC(C)(C)OC(=O)CCOC1CNC1. The van der Waals surface area contributed by atoms with Crippen LogP contribution in [0.1, 0.15) is 27.2 Å². The second-order valence-electron chi connectivity index (χ2n) is 4.49. The van der Waals surface area contributed by atoms with E-state index in [0.29, 0.717) is 13.0 Å². The third-order valence-electron chi connectivity index (χ3n) is 1.82. The van der Waals surface area contributed by atoms with Gasteiger partial charge in [-0.05, 0) is 20.8 Å². The molecule has 0 amide bonds. The van der Waals surface area contributed by atoms with Crippen molar-refractivity contribution in [2.45, 2.75) is 38.9 Å². The van der Waals surface area contributed by atoms with Crippen molar-refractivity contribution in [1.82, 2.24) is 5.32 Å². The molecule has 4 nitrogen and oxygen atoms in total. The fourth-order valence-corrected chi connectivity index (χ4v) is 1.08. The number of rotatable bonds is 4. The molecule has 0 unspecified atom stereocenters. The molecule has 1 N–H and O–H groups in total. The summed E-state index contributed by atoms with van der Waals surface area (Å²) in [5, 5.41) is 3.10. The van der Waals surface area contributed by atoms with Gasteiger partial charge in [0.05, 0.1) is 19.1 Å². The van der Waals surface area contributed by atoms with Crippen molar-refractivity contribution >= 4 is 5.97 Å². The molecule has 82 valence electrons. The van der Waals surface area contributed by atoms with Gasteiger partial charge in [-0.1, -0.05) is 0 Å². The molecule has 0 saturated carbocycles. The molecule has 0 aromatic rings. The number of hydrogen-bond acceptors (Lipinski definition) is 4. The van der Waals surface area contributed by atoms with E-state index in [9.17, 15) is 4.79 Å². The first-order valence-corrected chi connectivity index (χ1v) is 5.01. The summed E-state index contributed by atoms with van der Waals surface area (Å²) in [6.45, 7) is 7.84. The van der Waals surface area contributed by atoms with Crippen LogP contribution in [0.4, 0.5) is 0 Å². The van der Waals surface area contributed by atoms with E-state index in [2.05, 4.69) is 5.32 Å². The first-order chi connectivity index (χ1) is 6.47. The smallest absolute Gasteiger partial charge is 0.308 e. The lowest BCUT2D eigenvalue weighted by molar-refractivity contribution is -0.156. The summed E-state index contributed by atoms with van der Waals surface area (Å²) in [5.41, 5.74) is -0.394. The van der Waals surface area contributed by atoms with E-state index in [4.69, 9.17) is 9.47 Å². The third-order valence-corrected chi connectivity index (χ3v) is 1.82. The normalized spacial score (nSPS) is 17.6. The van der Waals surface area contributed by atoms with Crippen molar-refractivity contribution in [3.8, 4) is 0 Å². The van der Waals surface area contributed by atoms with Gasteiger partial charge in [0.25, 0.3) is 0 Å². The van der Waals surface area contributed by atoms with E-state index >= 15 is 0 Å². The van der Waals surface area contributed by atoms with E-state index in [1.54, 1.807) is 0 Å². The zero-order chi connectivity index (χ0) is 10.6. The molecule has 1 aliphatic rings. The molecule has 0 aromatic heterocycles. The number of carbonyl (C=O) groups is 1. The summed E-state index contributed by atoms with van der Waals surface area (Å²) >= 11 is 0. The van der Waals surface area contributed by atoms with Crippen molar-refractivity contribution in [1.29, 1.82) is 0 Å². The summed E-state index contributed by atoms with van der Waals surface area (Å²) in [6, 6.07) is 0. The van der Waals surface area contributed by atoms with Crippen LogP contribution in [0.5, 0.6) is 0 Å². The van der Waals surface area contributed by atoms with Crippen LogP contribution in [0, 0.1) is 0 Å². The molecule has 1 aliphatic heterocycles. The first-order valence-electron chi connectivity index (χ1n) is 5.01. The number of nitrogens with one attached hydrogen (secondary N) is 1. The Balaban J connectivity index is 2.02. The van der Waals surface area contributed by atoms with Gasteiger partial charge >= 0.3 is 5.97 Å². The van der Waals surface area contributed by atoms with Gasteiger partial charge in [-0.15, -0.1) is 0 Å². The first kappa shape index (κ1) is 11.5. The Morgan fingerprint density at radius 1 is 1.43 bits per heavy atom. The zero-order valence-electron chi connectivity index (χ0n) is 9.13. The summed E-state index contributed by atoms with van der Waals surface area (Å²) in [6.07, 6.45) is 0.630. The van der Waals surface area contributed by atoms with Crippen LogP contribution in [-0.4, -0.2) is 37.4 Å². The molecule has 1 rings (SSSR count). The van der Waals surface area contributed by atoms with Crippen LogP contribution in [0.15, 0.2) is 0 Å². The van der Waals surface area contributed by atoms with Gasteiger partial charge in [0.1, 0.15) is 5.60 Å². The molecule has 4 heteroatoms. The molecule has 1 fully saturated rings. The lowest BCUT2D eigenvalue weighted by Gasteiger charge is -2.27. The molecule has 0 radical (unpaired) electrons. The predicted octanol–water partition coefficient (Wildman–Crippen LogP) is 0.707. The Morgan fingerprint density at radius 3 is 2.50 bits per heavy atom. The molecule has 1 heterocycles. The summed E-state index contributed by atoms with van der Waals surface area (Å²) in [7, 11) is 0. The second kappa shape index (κ2) is 4.75. The average molecular weight is 201 g/mol. The minimum absolute atomic E-state index is 0.190. The van der Waals surface area contributed by atoms with Gasteiger partial charge in [0, 0.05) is 13.1 Å². The average Bonchev–Trinajstić information content (AvgIpc) is 1.90. The molecular formula is C10H19NO3. The topological polar surface area (TPSA) is 47.6 Å². The van der Waals surface area contributed by atoms with E-state index in [0.717, 1.165) is 13.1 Å². The summed E-state index contributed by atoms with van der Waals surface area (Å²) in [4.78, 5) is 11.2. The van der Waals surface area contributed by atoms with Gasteiger partial charge in [-0.3, -0.25) is 4.79 Å². The fourth-order valence-electron chi connectivity index (χ4n) is 1.08. The van der Waals surface area contributed by atoms with E-state index in [1.807, 2.05) is 20.8 Å². The number of hydrogen-bond donors (Lipinski definition) is 1. The van der Waals surface area contributed by atoms with Gasteiger partial charge in [0.2, 0.25) is 0 Å². The third kappa shape index (κ3) is 4.58. The predicted molar refractivity (Wildman–Crippen MR) is 53.1 cm³/mol. The highest BCUT2D eigenvalue weighted by molar-refractivity contribution is 5.69. The van der Waals surface area contributed by atoms with Crippen LogP contribution in [-0.2, 0) is 14.3 Å². The van der Waals surface area contributed by atoms with Crippen molar-refractivity contribution in [3.63, 3.8) is 0 Å². The van der Waals surface area contributed by atoms with E-state index in [-0.39, 0.29) is 12.1 Å². The maximum Gasteiger partial charge on any atom is 0.308 e. The van der Waals surface area contributed by atoms with Crippen molar-refractivity contribution in [2.75, 3.05) is 19.7 Å². The Morgan fingerprint density at radius 2 is 2.07 bits per heavy atom. The zero-order valence-corrected chi connectivity index (χ0v) is 9.13. The fraction of sp³-hybridized carbons (Fsp3) is 0.900. The summed E-state index contributed by atoms with van der Waals surface area (Å²) in [5.74, 6) is -0.190. The van der Waals surface area contributed by atoms with Crippen molar-refractivity contribution in [3.05, 3.63) is 0 Å².